The summed E-state index contributed by atoms with van der Waals surface area (Å²) in [5.74, 6) is 1.98. The number of carboxylic acids is 1. The van der Waals surface area contributed by atoms with Gasteiger partial charge in [-0.3, -0.25) is 4.99 Å². The predicted molar refractivity (Wildman–Crippen MR) is 107 cm³/mol. The fraction of sp³-hybridized carbons (Fsp3) is 0.417. The van der Waals surface area contributed by atoms with Crippen molar-refractivity contribution < 1.29 is 9.90 Å². The molecule has 4 fully saturated rings. The van der Waals surface area contributed by atoms with E-state index in [1.165, 1.54) is 44.1 Å². The van der Waals surface area contributed by atoms with Crippen LogP contribution in [-0.4, -0.2) is 17.3 Å². The maximum Gasteiger partial charge on any atom is 0.335 e. The lowest BCUT2D eigenvalue weighted by Crippen LogP contribution is -2.48. The lowest BCUT2D eigenvalue weighted by molar-refractivity contribution is -0.00518. The predicted octanol–water partition coefficient (Wildman–Crippen LogP) is 5.60. The summed E-state index contributed by atoms with van der Waals surface area (Å²) in [7, 11) is 0. The van der Waals surface area contributed by atoms with Crippen LogP contribution in [0.2, 0.25) is 0 Å². The van der Waals surface area contributed by atoms with Crippen LogP contribution in [-0.2, 0) is 5.41 Å². The van der Waals surface area contributed by atoms with Gasteiger partial charge in [0.25, 0.3) is 0 Å². The van der Waals surface area contributed by atoms with Gasteiger partial charge < -0.3 is 5.11 Å². The molecule has 3 heteroatoms. The van der Waals surface area contributed by atoms with Gasteiger partial charge in [0.15, 0.2) is 0 Å². The van der Waals surface area contributed by atoms with Crippen molar-refractivity contribution in [2.45, 2.75) is 43.9 Å². The van der Waals surface area contributed by atoms with Gasteiger partial charge in [0.2, 0.25) is 0 Å². The summed E-state index contributed by atoms with van der Waals surface area (Å²) in [6.07, 6.45) is 10.4. The van der Waals surface area contributed by atoms with Crippen LogP contribution in [0.5, 0.6) is 0 Å². The van der Waals surface area contributed by atoms with Crippen molar-refractivity contribution >= 4 is 17.9 Å². The summed E-state index contributed by atoms with van der Waals surface area (Å²) >= 11 is 0. The van der Waals surface area contributed by atoms with Gasteiger partial charge in [-0.25, -0.2) is 4.79 Å². The van der Waals surface area contributed by atoms with E-state index in [1.807, 2.05) is 0 Å². The highest BCUT2D eigenvalue weighted by Gasteiger charge is 2.51. The van der Waals surface area contributed by atoms with E-state index in [1.54, 1.807) is 30.5 Å². The molecule has 27 heavy (non-hydrogen) atoms. The van der Waals surface area contributed by atoms with E-state index < -0.39 is 5.97 Å². The van der Waals surface area contributed by atoms with Crippen LogP contribution in [0.3, 0.4) is 0 Å². The van der Waals surface area contributed by atoms with Crippen LogP contribution in [0.25, 0.3) is 0 Å². The van der Waals surface area contributed by atoms with Gasteiger partial charge in [-0.1, -0.05) is 24.3 Å². The molecule has 0 radical (unpaired) electrons. The normalized spacial score (nSPS) is 31.5. The van der Waals surface area contributed by atoms with E-state index in [0.29, 0.717) is 11.0 Å². The zero-order chi connectivity index (χ0) is 18.4. The molecule has 138 valence electrons. The number of hydrogen-bond acceptors (Lipinski definition) is 2. The average Bonchev–Trinajstić information content (AvgIpc) is 2.66. The minimum atomic E-state index is -0.904. The van der Waals surface area contributed by atoms with Crippen LogP contribution < -0.4 is 0 Å². The first-order valence-electron chi connectivity index (χ1n) is 10.1. The molecule has 0 amide bonds. The summed E-state index contributed by atoms with van der Waals surface area (Å²) in [6.45, 7) is 0. The quantitative estimate of drug-likeness (QED) is 0.722. The van der Waals surface area contributed by atoms with Crippen molar-refractivity contribution in [2.75, 3.05) is 0 Å². The van der Waals surface area contributed by atoms with E-state index in [0.717, 1.165) is 29.0 Å². The van der Waals surface area contributed by atoms with Gasteiger partial charge >= 0.3 is 5.97 Å². The molecule has 6 rings (SSSR count). The fourth-order valence-electron chi connectivity index (χ4n) is 6.23. The first-order valence-corrected chi connectivity index (χ1v) is 10.1. The molecule has 0 aliphatic heterocycles. The maximum atomic E-state index is 10.9. The van der Waals surface area contributed by atoms with Crippen LogP contribution in [0.4, 0.5) is 5.69 Å². The number of aromatic carboxylic acids is 1. The van der Waals surface area contributed by atoms with Crippen LogP contribution >= 0.6 is 0 Å². The Kier molecular flexibility index (Phi) is 3.92. The minimum Gasteiger partial charge on any atom is -0.478 e. The number of benzene rings is 2. The second-order valence-electron chi connectivity index (χ2n) is 8.93. The molecule has 4 bridgehead atoms. The molecule has 0 aromatic heterocycles. The molecule has 0 heterocycles. The molecule has 2 aromatic carbocycles. The number of nitrogens with zero attached hydrogens (tertiary/aromatic N) is 1. The molecule has 0 spiro atoms. The smallest absolute Gasteiger partial charge is 0.335 e. The van der Waals surface area contributed by atoms with Gasteiger partial charge in [-0.15, -0.1) is 0 Å². The Hall–Kier alpha value is -2.42. The lowest BCUT2D eigenvalue weighted by Gasteiger charge is -2.57. The fourth-order valence-corrected chi connectivity index (χ4v) is 6.23. The second-order valence-corrected chi connectivity index (χ2v) is 8.93. The molecular formula is C24H25NO2. The van der Waals surface area contributed by atoms with E-state index in [-0.39, 0.29) is 0 Å². The Morgan fingerprint density at radius 2 is 1.44 bits per heavy atom. The van der Waals surface area contributed by atoms with Gasteiger partial charge in [0.05, 0.1) is 11.3 Å². The van der Waals surface area contributed by atoms with Gasteiger partial charge in [0.1, 0.15) is 0 Å². The largest absolute Gasteiger partial charge is 0.478 e. The number of rotatable bonds is 4. The van der Waals surface area contributed by atoms with Gasteiger partial charge in [0, 0.05) is 6.21 Å². The molecule has 4 aliphatic carbocycles. The average molecular weight is 359 g/mol. The SMILES string of the molecule is O=C(O)c1ccc(C=Nc2ccc(C34CC5CC(CC(C5)C3)C4)cc2)cc1. The zero-order valence-electron chi connectivity index (χ0n) is 15.5. The third-order valence-corrected chi connectivity index (χ3v) is 7.04. The molecule has 0 atom stereocenters. The Morgan fingerprint density at radius 1 is 0.889 bits per heavy atom. The molecule has 2 aromatic rings. The molecule has 1 N–H and O–H groups in total. The Bertz CT molecular complexity index is 844. The van der Waals surface area contributed by atoms with E-state index >= 15 is 0 Å². The first kappa shape index (κ1) is 16.7. The molecule has 0 unspecified atom stereocenters. The minimum absolute atomic E-state index is 0.298. The maximum absolute atomic E-state index is 10.9. The number of carboxylic acid groups (broad SMARTS) is 1. The molecular weight excluding hydrogens is 334 g/mol. The summed E-state index contributed by atoms with van der Waals surface area (Å²) < 4.78 is 0. The van der Waals surface area contributed by atoms with Gasteiger partial charge in [-0.2, -0.15) is 0 Å². The Labute approximate surface area is 160 Å². The third kappa shape index (κ3) is 3.09. The zero-order valence-corrected chi connectivity index (χ0v) is 15.5. The number of hydrogen-bond donors (Lipinski definition) is 1. The Balaban J connectivity index is 1.33. The number of aliphatic imine (C=N–C) groups is 1. The standard InChI is InChI=1S/C24H25NO2/c26-23(27)20-3-1-16(2-4-20)15-25-22-7-5-21(6-8-22)24-12-17-9-18(13-24)11-19(10-17)14-24/h1-8,15,17-19H,9-14H2,(H,26,27). The highest BCUT2D eigenvalue weighted by molar-refractivity contribution is 5.89. The number of carbonyl (C=O) groups is 1. The van der Waals surface area contributed by atoms with Crippen LogP contribution in [0.15, 0.2) is 53.5 Å². The van der Waals surface area contributed by atoms with E-state index in [9.17, 15) is 4.79 Å². The Morgan fingerprint density at radius 3 is 1.96 bits per heavy atom. The molecule has 0 saturated heterocycles. The second kappa shape index (κ2) is 6.33. The van der Waals surface area contributed by atoms with E-state index in [2.05, 4.69) is 29.3 Å². The molecule has 4 saturated carbocycles. The van der Waals surface area contributed by atoms with Crippen LogP contribution in [0, 0.1) is 17.8 Å². The van der Waals surface area contributed by atoms with Crippen molar-refractivity contribution in [3.8, 4) is 0 Å². The molecule has 3 nitrogen and oxygen atoms in total. The van der Waals surface area contributed by atoms with Crippen molar-refractivity contribution in [2.24, 2.45) is 22.7 Å². The van der Waals surface area contributed by atoms with Crippen molar-refractivity contribution in [1.82, 2.24) is 0 Å². The summed E-state index contributed by atoms with van der Waals surface area (Å²) in [5, 5.41) is 8.96. The summed E-state index contributed by atoms with van der Waals surface area (Å²) in [6, 6.07) is 15.7. The van der Waals surface area contributed by atoms with Crippen molar-refractivity contribution in [3.05, 3.63) is 65.2 Å². The summed E-state index contributed by atoms with van der Waals surface area (Å²) in [4.78, 5) is 15.5. The first-order chi connectivity index (χ1) is 13.1. The van der Waals surface area contributed by atoms with E-state index in [4.69, 9.17) is 5.11 Å². The highest BCUT2D eigenvalue weighted by Crippen LogP contribution is 2.60. The van der Waals surface area contributed by atoms with Gasteiger partial charge in [-0.05, 0) is 97.1 Å². The molecule has 4 aliphatic rings. The topological polar surface area (TPSA) is 49.7 Å². The van der Waals surface area contributed by atoms with Crippen molar-refractivity contribution in [1.29, 1.82) is 0 Å². The van der Waals surface area contributed by atoms with Crippen molar-refractivity contribution in [3.63, 3.8) is 0 Å². The third-order valence-electron chi connectivity index (χ3n) is 7.04. The highest BCUT2D eigenvalue weighted by atomic mass is 16.4. The van der Waals surface area contributed by atoms with Crippen LogP contribution in [0.1, 0.15) is 60.0 Å². The summed E-state index contributed by atoms with van der Waals surface area (Å²) in [5.41, 5.74) is 4.11. The monoisotopic (exact) mass is 359 g/mol. The lowest BCUT2D eigenvalue weighted by atomic mass is 9.48.